The van der Waals surface area contributed by atoms with Gasteiger partial charge in [-0.3, -0.25) is 24.5 Å². The fourth-order valence-electron chi connectivity index (χ4n) is 3.58. The maximum atomic E-state index is 12.6. The first-order valence-corrected chi connectivity index (χ1v) is 10.5. The molecule has 0 spiro atoms. The minimum Gasteiger partial charge on any atom is -0.467 e. The van der Waals surface area contributed by atoms with Gasteiger partial charge in [-0.15, -0.1) is 0 Å². The van der Waals surface area contributed by atoms with Crippen LogP contribution in [0.1, 0.15) is 17.5 Å². The molecule has 2 aromatic rings. The van der Waals surface area contributed by atoms with Gasteiger partial charge in [-0.05, 0) is 11.1 Å². The van der Waals surface area contributed by atoms with Crippen molar-refractivity contribution in [2.24, 2.45) is 0 Å². The smallest absolute Gasteiger partial charge is 0.328 e. The zero-order valence-electron chi connectivity index (χ0n) is 18.4. The summed E-state index contributed by atoms with van der Waals surface area (Å²) >= 11 is 0. The third kappa shape index (κ3) is 6.37. The summed E-state index contributed by atoms with van der Waals surface area (Å²) in [6.45, 7) is 0. The maximum Gasteiger partial charge on any atom is 0.328 e. The maximum absolute atomic E-state index is 12.6. The first kappa shape index (κ1) is 24.4. The summed E-state index contributed by atoms with van der Waals surface area (Å²) in [7, 11) is 1.17. The summed E-state index contributed by atoms with van der Waals surface area (Å²) in [4.78, 5) is 59.9. The van der Waals surface area contributed by atoms with Crippen molar-refractivity contribution < 1.29 is 28.8 Å². The van der Waals surface area contributed by atoms with E-state index in [9.17, 15) is 29.3 Å². The highest BCUT2D eigenvalue weighted by Crippen LogP contribution is 2.14. The summed E-state index contributed by atoms with van der Waals surface area (Å²) in [5, 5.41) is 18.5. The summed E-state index contributed by atoms with van der Waals surface area (Å²) in [6, 6.07) is 11.8. The molecule has 3 N–H and O–H groups in total. The van der Waals surface area contributed by atoms with Crippen molar-refractivity contribution in [3.05, 3.63) is 75.8 Å². The minimum atomic E-state index is -1.09. The Balaban J connectivity index is 1.58. The van der Waals surface area contributed by atoms with E-state index >= 15 is 0 Å². The highest BCUT2D eigenvalue weighted by molar-refractivity contribution is 5.99. The molecule has 1 heterocycles. The molecular formula is C23H24N4O7. The van der Waals surface area contributed by atoms with Crippen molar-refractivity contribution in [3.63, 3.8) is 0 Å². The fourth-order valence-corrected chi connectivity index (χ4v) is 3.58. The van der Waals surface area contributed by atoms with Gasteiger partial charge in [-0.1, -0.05) is 42.5 Å². The van der Waals surface area contributed by atoms with Gasteiger partial charge in [0.05, 0.1) is 18.5 Å². The second-order valence-corrected chi connectivity index (χ2v) is 7.79. The number of hydrogen-bond acceptors (Lipinski definition) is 7. The number of carbonyl (C=O) groups excluding carboxylic acids is 4. The number of carbonyl (C=O) groups is 4. The number of benzene rings is 2. The first-order chi connectivity index (χ1) is 16.3. The van der Waals surface area contributed by atoms with Crippen LogP contribution in [-0.2, 0) is 36.8 Å². The van der Waals surface area contributed by atoms with Crippen molar-refractivity contribution in [2.45, 2.75) is 37.4 Å². The molecule has 3 atom stereocenters. The molecule has 0 saturated carbocycles. The van der Waals surface area contributed by atoms with E-state index in [1.807, 2.05) is 30.3 Å². The number of rotatable bonds is 9. The van der Waals surface area contributed by atoms with Crippen molar-refractivity contribution in [2.75, 3.05) is 7.11 Å². The number of esters is 1. The Morgan fingerprint density at radius 2 is 1.62 bits per heavy atom. The number of nitro benzene ring substituents is 1. The lowest BCUT2D eigenvalue weighted by atomic mass is 10.0. The lowest BCUT2D eigenvalue weighted by Gasteiger charge is -2.29. The molecule has 1 aliphatic rings. The standard InChI is InChI=1S/C23H24N4O7/c1-34-23(31)19(12-15-7-9-16(10-8-15)27(32)33)24-20(28)13-18-22(30)25-17(21(29)26-18)11-14-5-3-2-4-6-14/h2-10,17-19H,11-13H2,1H3,(H,24,28)(H,25,30)(H,26,29)/t17-,18-,19+/m0/s1. The Labute approximate surface area is 195 Å². The van der Waals surface area contributed by atoms with Crippen LogP contribution >= 0.6 is 0 Å². The average Bonchev–Trinajstić information content (AvgIpc) is 2.82. The van der Waals surface area contributed by atoms with Crippen LogP contribution in [0.4, 0.5) is 5.69 Å². The molecule has 0 bridgehead atoms. The van der Waals surface area contributed by atoms with E-state index in [-0.39, 0.29) is 18.5 Å². The normalized spacial score (nSPS) is 18.3. The molecule has 1 fully saturated rings. The number of non-ortho nitro benzene ring substituents is 1. The zero-order chi connectivity index (χ0) is 24.7. The molecule has 11 heteroatoms. The van der Waals surface area contributed by atoms with Gasteiger partial charge in [0.15, 0.2) is 0 Å². The van der Waals surface area contributed by atoms with Gasteiger partial charge in [0.1, 0.15) is 18.1 Å². The molecule has 1 saturated heterocycles. The number of nitrogens with one attached hydrogen (secondary N) is 3. The Kier molecular flexibility index (Phi) is 7.91. The molecule has 34 heavy (non-hydrogen) atoms. The topological polar surface area (TPSA) is 157 Å². The van der Waals surface area contributed by atoms with Crippen LogP contribution in [-0.4, -0.2) is 53.8 Å². The number of ether oxygens (including phenoxy) is 1. The van der Waals surface area contributed by atoms with E-state index in [1.165, 1.54) is 31.4 Å². The van der Waals surface area contributed by atoms with E-state index in [0.717, 1.165) is 5.56 Å². The average molecular weight is 468 g/mol. The zero-order valence-corrected chi connectivity index (χ0v) is 18.4. The Morgan fingerprint density at radius 3 is 2.24 bits per heavy atom. The molecule has 0 aliphatic carbocycles. The van der Waals surface area contributed by atoms with Crippen molar-refractivity contribution in [3.8, 4) is 0 Å². The van der Waals surface area contributed by atoms with Crippen molar-refractivity contribution >= 4 is 29.4 Å². The predicted molar refractivity (Wildman–Crippen MR) is 119 cm³/mol. The molecule has 3 rings (SSSR count). The predicted octanol–water partition coefficient (Wildman–Crippen LogP) is 0.411. The largest absolute Gasteiger partial charge is 0.467 e. The number of nitrogens with zero attached hydrogens (tertiary/aromatic N) is 1. The fraction of sp³-hybridized carbons (Fsp3) is 0.304. The first-order valence-electron chi connectivity index (χ1n) is 10.5. The van der Waals surface area contributed by atoms with Crippen molar-refractivity contribution in [1.82, 2.24) is 16.0 Å². The van der Waals surface area contributed by atoms with Gasteiger partial charge in [0, 0.05) is 25.0 Å². The number of hydrogen-bond donors (Lipinski definition) is 3. The molecule has 2 aromatic carbocycles. The Hall–Kier alpha value is -4.28. The molecular weight excluding hydrogens is 444 g/mol. The molecule has 178 valence electrons. The van der Waals surface area contributed by atoms with E-state index in [4.69, 9.17) is 4.74 Å². The Bertz CT molecular complexity index is 1070. The molecule has 1 aliphatic heterocycles. The summed E-state index contributed by atoms with van der Waals surface area (Å²) in [6.07, 6.45) is -0.0286. The van der Waals surface area contributed by atoms with E-state index in [1.54, 1.807) is 0 Å². The summed E-state index contributed by atoms with van der Waals surface area (Å²) < 4.78 is 4.74. The van der Waals surface area contributed by atoms with Gasteiger partial charge in [0.2, 0.25) is 17.7 Å². The second kappa shape index (κ2) is 11.0. The van der Waals surface area contributed by atoms with Crippen LogP contribution in [0.3, 0.4) is 0 Å². The molecule has 0 aromatic heterocycles. The van der Waals surface area contributed by atoms with Gasteiger partial charge >= 0.3 is 5.97 Å². The molecule has 11 nitrogen and oxygen atoms in total. The Morgan fingerprint density at radius 1 is 1.00 bits per heavy atom. The van der Waals surface area contributed by atoms with E-state index < -0.39 is 46.7 Å². The quantitative estimate of drug-likeness (QED) is 0.273. The van der Waals surface area contributed by atoms with E-state index in [2.05, 4.69) is 16.0 Å². The number of amides is 3. The third-order valence-corrected chi connectivity index (χ3v) is 5.35. The van der Waals surface area contributed by atoms with Gasteiger partial charge in [-0.25, -0.2) is 4.79 Å². The van der Waals surface area contributed by atoms with Crippen LogP contribution in [0.25, 0.3) is 0 Å². The SMILES string of the molecule is COC(=O)[C@@H](Cc1ccc([N+](=O)[O-])cc1)NC(=O)C[C@@H]1NC(=O)[C@H](Cc2ccccc2)NC1=O. The lowest BCUT2D eigenvalue weighted by Crippen LogP contribution is -2.63. The van der Waals surface area contributed by atoms with Crippen LogP contribution in [0.2, 0.25) is 0 Å². The van der Waals surface area contributed by atoms with Crippen LogP contribution in [0.5, 0.6) is 0 Å². The third-order valence-electron chi connectivity index (χ3n) is 5.35. The number of piperazine rings is 1. The highest BCUT2D eigenvalue weighted by Gasteiger charge is 2.35. The van der Waals surface area contributed by atoms with Crippen LogP contribution in [0, 0.1) is 10.1 Å². The van der Waals surface area contributed by atoms with Gasteiger partial charge < -0.3 is 20.7 Å². The number of methoxy groups -OCH3 is 1. The lowest BCUT2D eigenvalue weighted by molar-refractivity contribution is -0.384. The monoisotopic (exact) mass is 468 g/mol. The molecule has 3 amide bonds. The number of nitro groups is 1. The molecule has 0 radical (unpaired) electrons. The highest BCUT2D eigenvalue weighted by atomic mass is 16.6. The van der Waals surface area contributed by atoms with Gasteiger partial charge in [0.25, 0.3) is 5.69 Å². The van der Waals surface area contributed by atoms with Crippen LogP contribution < -0.4 is 16.0 Å². The summed E-state index contributed by atoms with van der Waals surface area (Å²) in [5.74, 6) is -2.26. The van der Waals surface area contributed by atoms with Crippen molar-refractivity contribution in [1.29, 1.82) is 0 Å². The minimum absolute atomic E-state index is 0.0266. The second-order valence-electron chi connectivity index (χ2n) is 7.79. The molecule has 0 unspecified atom stereocenters. The van der Waals surface area contributed by atoms with Crippen LogP contribution in [0.15, 0.2) is 54.6 Å². The summed E-state index contributed by atoms with van der Waals surface area (Å²) in [5.41, 5.74) is 1.34. The van der Waals surface area contributed by atoms with Gasteiger partial charge in [-0.2, -0.15) is 0 Å². The van der Waals surface area contributed by atoms with E-state index in [0.29, 0.717) is 12.0 Å².